The molecule has 0 saturated heterocycles. The molecule has 12 heavy (non-hydrogen) atoms. The van der Waals surface area contributed by atoms with E-state index in [1.54, 1.807) is 6.07 Å². The SMILES string of the molecule is Br.N#Cc1ccc[c]([AlH2])c1C#N. The van der Waals surface area contributed by atoms with Gasteiger partial charge in [0.25, 0.3) is 16.3 Å². The fourth-order valence-corrected chi connectivity index (χ4v) is 1.48. The third kappa shape index (κ3) is 2.10. The third-order valence-corrected chi connectivity index (χ3v) is 2.34. The van der Waals surface area contributed by atoms with Crippen molar-refractivity contribution < 1.29 is 0 Å². The third-order valence-electron chi connectivity index (χ3n) is 1.51. The fraction of sp³-hybridized carbons (Fsp3) is 0. The summed E-state index contributed by atoms with van der Waals surface area (Å²) in [5.41, 5.74) is 1.03. The Morgan fingerprint density at radius 2 is 1.83 bits per heavy atom. The van der Waals surface area contributed by atoms with Crippen molar-refractivity contribution in [1.82, 2.24) is 0 Å². The van der Waals surface area contributed by atoms with Crippen molar-refractivity contribution in [3.05, 3.63) is 29.3 Å². The molecule has 0 amide bonds. The molecule has 0 heterocycles. The lowest BCUT2D eigenvalue weighted by Crippen LogP contribution is -2.08. The van der Waals surface area contributed by atoms with E-state index in [-0.39, 0.29) is 17.0 Å². The first-order valence-electron chi connectivity index (χ1n) is 3.19. The van der Waals surface area contributed by atoms with Gasteiger partial charge in [0, 0.05) is 0 Å². The van der Waals surface area contributed by atoms with Crippen LogP contribution in [0.3, 0.4) is 0 Å². The molecular weight excluding hydrogens is 231 g/mol. The molecule has 1 rings (SSSR count). The van der Waals surface area contributed by atoms with Crippen molar-refractivity contribution in [3.8, 4) is 12.1 Å². The summed E-state index contributed by atoms with van der Waals surface area (Å²) in [6, 6.07) is 9.37. The number of halogens is 1. The monoisotopic (exact) mass is 236 g/mol. The molecule has 0 saturated carbocycles. The van der Waals surface area contributed by atoms with Gasteiger partial charge in [-0.15, -0.1) is 21.4 Å². The van der Waals surface area contributed by atoms with E-state index in [0.717, 1.165) is 20.7 Å². The molecule has 0 aliphatic carbocycles. The Bertz CT molecular complexity index is 362. The van der Waals surface area contributed by atoms with Gasteiger partial charge in [0.2, 0.25) is 0 Å². The van der Waals surface area contributed by atoms with Gasteiger partial charge in [-0.3, -0.25) is 0 Å². The van der Waals surface area contributed by atoms with Crippen LogP contribution in [0.25, 0.3) is 0 Å². The highest BCUT2D eigenvalue weighted by Crippen LogP contribution is 2.01. The highest BCUT2D eigenvalue weighted by molar-refractivity contribution is 8.93. The maximum Gasteiger partial charge on any atom is 0.261 e. The van der Waals surface area contributed by atoms with Crippen molar-refractivity contribution in [2.75, 3.05) is 0 Å². The topological polar surface area (TPSA) is 47.6 Å². The summed E-state index contributed by atoms with van der Waals surface area (Å²) in [6.07, 6.45) is 0. The minimum absolute atomic E-state index is 0. The zero-order chi connectivity index (χ0) is 8.27. The molecule has 0 atom stereocenters. The predicted molar refractivity (Wildman–Crippen MR) is 54.4 cm³/mol. The summed E-state index contributed by atoms with van der Waals surface area (Å²) in [7, 11) is 0. The summed E-state index contributed by atoms with van der Waals surface area (Å²) >= 11 is 0.815. The van der Waals surface area contributed by atoms with Crippen LogP contribution in [0.1, 0.15) is 11.1 Å². The summed E-state index contributed by atoms with van der Waals surface area (Å²) in [5.74, 6) is 0. The molecule has 4 heteroatoms. The van der Waals surface area contributed by atoms with Crippen LogP contribution in [0, 0.1) is 22.7 Å². The maximum atomic E-state index is 8.65. The Balaban J connectivity index is 0.00000121. The predicted octanol–water partition coefficient (Wildman–Crippen LogP) is 0.266. The van der Waals surface area contributed by atoms with Crippen LogP contribution in [0.2, 0.25) is 0 Å². The number of benzene rings is 1. The van der Waals surface area contributed by atoms with Gasteiger partial charge in [0.05, 0.1) is 17.2 Å². The number of nitriles is 2. The standard InChI is InChI=1S/C8H3N2.Al.BrH.2H/c9-5-7-3-1-2-4-8(7)6-10;;;;/h1-3H;;1H;;. The molecule has 2 nitrogen and oxygen atoms in total. The zero-order valence-electron chi connectivity index (χ0n) is 6.53. The average Bonchev–Trinajstić information content (AvgIpc) is 2.04. The van der Waals surface area contributed by atoms with E-state index in [1.165, 1.54) is 0 Å². The van der Waals surface area contributed by atoms with Crippen molar-refractivity contribution >= 4 is 37.7 Å². The second kappa shape index (κ2) is 4.96. The Morgan fingerprint density at radius 3 is 2.25 bits per heavy atom. The van der Waals surface area contributed by atoms with Crippen molar-refractivity contribution in [1.29, 1.82) is 10.5 Å². The molecule has 0 bridgehead atoms. The van der Waals surface area contributed by atoms with E-state index < -0.39 is 0 Å². The quantitative estimate of drug-likeness (QED) is 0.608. The van der Waals surface area contributed by atoms with Crippen LogP contribution in [0.15, 0.2) is 18.2 Å². The van der Waals surface area contributed by atoms with Gasteiger partial charge < -0.3 is 0 Å². The second-order valence-corrected chi connectivity index (χ2v) is 3.30. The molecule has 0 fully saturated rings. The van der Waals surface area contributed by atoms with E-state index in [4.69, 9.17) is 10.5 Å². The molecule has 1 aromatic carbocycles. The van der Waals surface area contributed by atoms with Gasteiger partial charge >= 0.3 is 0 Å². The summed E-state index contributed by atoms with van der Waals surface area (Å²) in [4.78, 5) is 0. The van der Waals surface area contributed by atoms with E-state index in [1.807, 2.05) is 24.3 Å². The van der Waals surface area contributed by atoms with Crippen LogP contribution in [0.4, 0.5) is 0 Å². The summed E-state index contributed by atoms with van der Waals surface area (Å²) in [5, 5.41) is 17.2. The second-order valence-electron chi connectivity index (χ2n) is 2.22. The fourth-order valence-electron chi connectivity index (χ4n) is 0.909. The summed E-state index contributed by atoms with van der Waals surface area (Å²) in [6.45, 7) is 0. The number of hydrogen-bond acceptors (Lipinski definition) is 2. The van der Waals surface area contributed by atoms with Gasteiger partial charge in [-0.2, -0.15) is 10.5 Å². The number of rotatable bonds is 0. The first-order chi connectivity index (χ1) is 5.29. The molecule has 0 N–H and O–H groups in total. The van der Waals surface area contributed by atoms with Gasteiger partial charge in [0.1, 0.15) is 6.07 Å². The Labute approximate surface area is 89.6 Å². The lowest BCUT2D eigenvalue weighted by atomic mass is 10.1. The first-order valence-corrected chi connectivity index (χ1v) is 4.19. The molecular formula is C8H6AlBrN2. The highest BCUT2D eigenvalue weighted by Gasteiger charge is 2.01. The van der Waals surface area contributed by atoms with Crippen molar-refractivity contribution in [2.45, 2.75) is 0 Å². The maximum absolute atomic E-state index is 8.65. The smallest absolute Gasteiger partial charge is 0.192 e. The Morgan fingerprint density at radius 1 is 1.17 bits per heavy atom. The molecule has 0 aliphatic heterocycles. The van der Waals surface area contributed by atoms with Crippen molar-refractivity contribution in [3.63, 3.8) is 0 Å². The lowest BCUT2D eigenvalue weighted by molar-refractivity contribution is 1.45. The van der Waals surface area contributed by atoms with Gasteiger partial charge in [-0.05, 0) is 6.07 Å². The molecule has 58 valence electrons. The Hall–Kier alpha value is -0.788. The van der Waals surface area contributed by atoms with E-state index in [9.17, 15) is 0 Å². The number of nitrogens with zero attached hydrogens (tertiary/aromatic N) is 2. The van der Waals surface area contributed by atoms with E-state index >= 15 is 0 Å². The average molecular weight is 237 g/mol. The first kappa shape index (κ1) is 11.2. The molecule has 0 spiro atoms. The van der Waals surface area contributed by atoms with Crippen LogP contribution in [-0.4, -0.2) is 16.3 Å². The van der Waals surface area contributed by atoms with Crippen LogP contribution >= 0.6 is 17.0 Å². The molecule has 0 aromatic heterocycles. The largest absolute Gasteiger partial charge is 0.261 e. The summed E-state index contributed by atoms with van der Waals surface area (Å²) < 4.78 is 0.992. The van der Waals surface area contributed by atoms with Crippen LogP contribution < -0.4 is 4.43 Å². The van der Waals surface area contributed by atoms with E-state index in [2.05, 4.69) is 0 Å². The van der Waals surface area contributed by atoms with Gasteiger partial charge in [-0.25, -0.2) is 0 Å². The van der Waals surface area contributed by atoms with Gasteiger partial charge in [-0.1, -0.05) is 12.1 Å². The van der Waals surface area contributed by atoms with E-state index in [0.29, 0.717) is 11.1 Å². The highest BCUT2D eigenvalue weighted by atomic mass is 79.9. The lowest BCUT2D eigenvalue weighted by Gasteiger charge is -1.96. The molecule has 1 aromatic rings. The Kier molecular flexibility index (Phi) is 4.64. The van der Waals surface area contributed by atoms with Crippen LogP contribution in [-0.2, 0) is 0 Å². The molecule has 0 radical (unpaired) electrons. The molecule has 0 aliphatic rings. The molecule has 0 unspecified atom stereocenters. The van der Waals surface area contributed by atoms with Crippen LogP contribution in [0.5, 0.6) is 0 Å². The normalized spacial score (nSPS) is 7.50. The van der Waals surface area contributed by atoms with Crippen molar-refractivity contribution in [2.24, 2.45) is 0 Å². The van der Waals surface area contributed by atoms with Gasteiger partial charge in [0.15, 0.2) is 0 Å². The number of hydrogen-bond donors (Lipinski definition) is 0. The minimum atomic E-state index is 0. The minimum Gasteiger partial charge on any atom is -0.192 e. The zero-order valence-corrected chi connectivity index (χ0v) is 10.2.